The number of carbonyl (C=O) groups excluding carboxylic acids is 1. The first-order valence-electron chi connectivity index (χ1n) is 9.74. The van der Waals surface area contributed by atoms with Crippen LogP contribution in [0.3, 0.4) is 0 Å². The molecule has 0 N–H and O–H groups in total. The van der Waals surface area contributed by atoms with Gasteiger partial charge < -0.3 is 9.47 Å². The number of pyridine rings is 1. The smallest absolute Gasteiger partial charge is 0.267 e. The van der Waals surface area contributed by atoms with Crippen molar-refractivity contribution in [2.45, 2.75) is 13.5 Å². The fraction of sp³-hybridized carbons (Fsp3) is 0.174. The number of benzene rings is 2. The third-order valence-corrected chi connectivity index (χ3v) is 5.80. The first-order chi connectivity index (χ1) is 15.1. The van der Waals surface area contributed by atoms with E-state index in [9.17, 15) is 4.79 Å². The molecule has 0 saturated heterocycles. The molecule has 0 radical (unpaired) electrons. The van der Waals surface area contributed by atoms with Gasteiger partial charge in [-0.1, -0.05) is 35.1 Å². The fourth-order valence-electron chi connectivity index (χ4n) is 2.98. The van der Waals surface area contributed by atoms with E-state index in [2.05, 4.69) is 9.97 Å². The van der Waals surface area contributed by atoms with Gasteiger partial charge >= 0.3 is 0 Å². The number of amides is 1. The molecule has 0 aliphatic heterocycles. The Morgan fingerprint density at radius 3 is 2.52 bits per heavy atom. The molecule has 2 aromatic heterocycles. The van der Waals surface area contributed by atoms with E-state index in [0.717, 1.165) is 16.0 Å². The summed E-state index contributed by atoms with van der Waals surface area (Å²) < 4.78 is 12.1. The second kappa shape index (κ2) is 9.76. The highest BCUT2D eigenvalue weighted by Crippen LogP contribution is 2.33. The molecule has 2 heterocycles. The Morgan fingerprint density at radius 2 is 1.84 bits per heavy atom. The summed E-state index contributed by atoms with van der Waals surface area (Å²) in [6, 6.07) is 16.5. The minimum Gasteiger partial charge on any atom is -0.494 e. The second-order valence-electron chi connectivity index (χ2n) is 6.62. The molecule has 4 rings (SSSR count). The normalized spacial score (nSPS) is 10.8. The Labute approximate surface area is 189 Å². The number of carbonyl (C=O) groups is 1. The van der Waals surface area contributed by atoms with Gasteiger partial charge in [-0.15, -0.1) is 0 Å². The molecule has 0 unspecified atom stereocenters. The molecule has 31 heavy (non-hydrogen) atoms. The van der Waals surface area contributed by atoms with Gasteiger partial charge in [-0.3, -0.25) is 14.7 Å². The number of ether oxygens (including phenoxy) is 2. The number of nitrogens with zero attached hydrogens (tertiary/aromatic N) is 3. The number of hydrogen-bond donors (Lipinski definition) is 0. The Balaban J connectivity index is 1.55. The SMILES string of the molecule is CCOc1ccc(OCC(=O)N(Cc2cccnc2)c2nc3c(Cl)cccc3s2)cc1. The zero-order valence-corrected chi connectivity index (χ0v) is 18.4. The van der Waals surface area contributed by atoms with Gasteiger partial charge in [0.05, 0.1) is 22.9 Å². The fourth-order valence-corrected chi connectivity index (χ4v) is 4.26. The number of thiazole rings is 1. The Hall–Kier alpha value is -3.16. The maximum atomic E-state index is 13.1. The molecule has 158 valence electrons. The summed E-state index contributed by atoms with van der Waals surface area (Å²) in [7, 11) is 0. The van der Waals surface area contributed by atoms with Crippen LogP contribution in [0.1, 0.15) is 12.5 Å². The summed E-state index contributed by atoms with van der Waals surface area (Å²) in [5.41, 5.74) is 1.57. The number of para-hydroxylation sites is 1. The average Bonchev–Trinajstić information content (AvgIpc) is 3.23. The molecule has 0 atom stereocenters. The van der Waals surface area contributed by atoms with E-state index < -0.39 is 0 Å². The molecule has 4 aromatic rings. The van der Waals surface area contributed by atoms with E-state index in [0.29, 0.717) is 34.6 Å². The van der Waals surface area contributed by atoms with Crippen LogP contribution in [0.15, 0.2) is 67.0 Å². The molecule has 0 aliphatic rings. The van der Waals surface area contributed by atoms with Crippen LogP contribution >= 0.6 is 22.9 Å². The van der Waals surface area contributed by atoms with Crippen molar-refractivity contribution in [2.24, 2.45) is 0 Å². The summed E-state index contributed by atoms with van der Waals surface area (Å²) in [5.74, 6) is 1.13. The third kappa shape index (κ3) is 5.13. The molecule has 0 fully saturated rings. The van der Waals surface area contributed by atoms with Crippen molar-refractivity contribution in [3.8, 4) is 11.5 Å². The number of anilines is 1. The van der Waals surface area contributed by atoms with Gasteiger partial charge in [0.1, 0.15) is 17.0 Å². The van der Waals surface area contributed by atoms with E-state index in [-0.39, 0.29) is 12.5 Å². The van der Waals surface area contributed by atoms with E-state index in [1.807, 2.05) is 43.3 Å². The number of aromatic nitrogens is 2. The number of fused-ring (bicyclic) bond motifs is 1. The van der Waals surface area contributed by atoms with Crippen molar-refractivity contribution < 1.29 is 14.3 Å². The minimum atomic E-state index is -0.215. The van der Waals surface area contributed by atoms with Crippen LogP contribution in [0, 0.1) is 0 Å². The maximum absolute atomic E-state index is 13.1. The Morgan fingerprint density at radius 1 is 1.06 bits per heavy atom. The van der Waals surface area contributed by atoms with Crippen LogP contribution < -0.4 is 14.4 Å². The predicted octanol–water partition coefficient (Wildman–Crippen LogP) is 5.36. The first kappa shape index (κ1) is 21.1. The number of hydrogen-bond acceptors (Lipinski definition) is 6. The largest absolute Gasteiger partial charge is 0.494 e. The van der Waals surface area contributed by atoms with Crippen LogP contribution in [0.4, 0.5) is 5.13 Å². The van der Waals surface area contributed by atoms with Crippen LogP contribution in [0.25, 0.3) is 10.2 Å². The topological polar surface area (TPSA) is 64.6 Å². The van der Waals surface area contributed by atoms with Gasteiger partial charge in [-0.2, -0.15) is 0 Å². The maximum Gasteiger partial charge on any atom is 0.267 e. The second-order valence-corrected chi connectivity index (χ2v) is 8.03. The average molecular weight is 454 g/mol. The zero-order valence-electron chi connectivity index (χ0n) is 16.8. The molecular weight excluding hydrogens is 434 g/mol. The standard InChI is InChI=1S/C23H20ClN3O3S/c1-2-29-17-8-10-18(11-9-17)30-15-21(28)27(14-16-5-4-12-25-13-16)23-26-22-19(24)6-3-7-20(22)31-23/h3-13H,2,14-15H2,1H3. The summed E-state index contributed by atoms with van der Waals surface area (Å²) in [6.45, 7) is 2.72. The van der Waals surface area contributed by atoms with Crippen LogP contribution in [0.2, 0.25) is 5.02 Å². The molecule has 1 amide bonds. The van der Waals surface area contributed by atoms with Gasteiger partial charge in [0.25, 0.3) is 5.91 Å². The van der Waals surface area contributed by atoms with Crippen LogP contribution in [-0.2, 0) is 11.3 Å². The lowest BCUT2D eigenvalue weighted by atomic mass is 10.2. The first-order valence-corrected chi connectivity index (χ1v) is 10.9. The molecule has 6 nitrogen and oxygen atoms in total. The van der Waals surface area contributed by atoms with Crippen molar-refractivity contribution >= 4 is 44.2 Å². The zero-order chi connectivity index (χ0) is 21.6. The molecule has 8 heteroatoms. The van der Waals surface area contributed by atoms with Gasteiger partial charge in [0.2, 0.25) is 0 Å². The van der Waals surface area contributed by atoms with Gasteiger partial charge in [-0.25, -0.2) is 4.98 Å². The lowest BCUT2D eigenvalue weighted by Gasteiger charge is -2.20. The van der Waals surface area contributed by atoms with Crippen molar-refractivity contribution in [1.82, 2.24) is 9.97 Å². The molecular formula is C23H20ClN3O3S. The monoisotopic (exact) mass is 453 g/mol. The third-order valence-electron chi connectivity index (χ3n) is 4.45. The Bertz CT molecular complexity index is 1170. The van der Waals surface area contributed by atoms with Crippen molar-refractivity contribution in [3.63, 3.8) is 0 Å². The van der Waals surface area contributed by atoms with Crippen molar-refractivity contribution in [1.29, 1.82) is 0 Å². The molecule has 0 saturated carbocycles. The molecule has 0 aliphatic carbocycles. The van der Waals surface area contributed by atoms with Crippen molar-refractivity contribution in [3.05, 3.63) is 77.6 Å². The Kier molecular flexibility index (Phi) is 6.64. The highest BCUT2D eigenvalue weighted by molar-refractivity contribution is 7.22. The van der Waals surface area contributed by atoms with Gasteiger partial charge in [-0.05, 0) is 55.0 Å². The molecule has 0 bridgehead atoms. The van der Waals surface area contributed by atoms with E-state index in [1.165, 1.54) is 11.3 Å². The summed E-state index contributed by atoms with van der Waals surface area (Å²) in [6.07, 6.45) is 3.43. The summed E-state index contributed by atoms with van der Waals surface area (Å²) in [5, 5.41) is 1.12. The predicted molar refractivity (Wildman–Crippen MR) is 123 cm³/mol. The number of halogens is 1. The molecule has 2 aromatic carbocycles. The minimum absolute atomic E-state index is 0.127. The van der Waals surface area contributed by atoms with Crippen LogP contribution in [-0.4, -0.2) is 29.1 Å². The van der Waals surface area contributed by atoms with Crippen molar-refractivity contribution in [2.75, 3.05) is 18.1 Å². The quantitative estimate of drug-likeness (QED) is 0.359. The highest BCUT2D eigenvalue weighted by Gasteiger charge is 2.21. The summed E-state index contributed by atoms with van der Waals surface area (Å²) >= 11 is 7.70. The summed E-state index contributed by atoms with van der Waals surface area (Å²) in [4.78, 5) is 23.5. The number of rotatable bonds is 8. The lowest BCUT2D eigenvalue weighted by Crippen LogP contribution is -2.34. The van der Waals surface area contributed by atoms with E-state index in [4.69, 9.17) is 21.1 Å². The highest BCUT2D eigenvalue weighted by atomic mass is 35.5. The van der Waals surface area contributed by atoms with Gasteiger partial charge in [0, 0.05) is 12.4 Å². The lowest BCUT2D eigenvalue weighted by molar-refractivity contribution is -0.120. The van der Waals surface area contributed by atoms with E-state index in [1.54, 1.807) is 35.5 Å². The van der Waals surface area contributed by atoms with Gasteiger partial charge in [0.15, 0.2) is 11.7 Å². The van der Waals surface area contributed by atoms with Crippen LogP contribution in [0.5, 0.6) is 11.5 Å². The molecule has 0 spiro atoms. The van der Waals surface area contributed by atoms with E-state index >= 15 is 0 Å².